The monoisotopic (exact) mass is 544 g/mol. The Morgan fingerprint density at radius 1 is 1.23 bits per heavy atom. The number of aliphatic carboxylic acids is 1. The van der Waals surface area contributed by atoms with Crippen LogP contribution in [0.5, 0.6) is 5.75 Å². The molecular weight excluding hydrogens is 508 g/mol. The van der Waals surface area contributed by atoms with Crippen molar-refractivity contribution in [2.45, 2.75) is 70.8 Å². The molecule has 39 heavy (non-hydrogen) atoms. The number of carbonyl (C=O) groups is 3. The topological polar surface area (TPSA) is 150 Å². The molecule has 12 heteroatoms. The number of nitrogens with zero attached hydrogens (tertiary/aromatic N) is 2. The van der Waals surface area contributed by atoms with Crippen molar-refractivity contribution in [2.75, 3.05) is 13.2 Å². The number of ether oxygens (including phenoxy) is 3. The van der Waals surface area contributed by atoms with E-state index in [1.54, 1.807) is 16.9 Å². The zero-order valence-corrected chi connectivity index (χ0v) is 22.7. The molecule has 1 aromatic heterocycles. The summed E-state index contributed by atoms with van der Waals surface area (Å²) in [6.07, 6.45) is 4.43. The largest absolute Gasteiger partial charge is 0.486 e. The number of aromatic nitrogens is 2. The number of alkyl carbamates (subject to hydrolysis) is 1. The Morgan fingerprint density at radius 3 is 2.69 bits per heavy atom. The number of hydrogen-bond acceptors (Lipinski definition) is 8. The summed E-state index contributed by atoms with van der Waals surface area (Å²) < 4.78 is 17.8. The lowest BCUT2D eigenvalue weighted by atomic mass is 9.90. The second kappa shape index (κ2) is 12.7. The van der Waals surface area contributed by atoms with Gasteiger partial charge < -0.3 is 24.6 Å². The van der Waals surface area contributed by atoms with E-state index in [0.29, 0.717) is 38.1 Å². The first-order valence-electron chi connectivity index (χ1n) is 12.7. The maximum atomic E-state index is 12.0. The maximum Gasteiger partial charge on any atom is 0.431 e. The van der Waals surface area contributed by atoms with Gasteiger partial charge in [-0.25, -0.2) is 19.2 Å². The van der Waals surface area contributed by atoms with Crippen molar-refractivity contribution in [1.82, 2.24) is 20.6 Å². The first-order chi connectivity index (χ1) is 18.4. The minimum absolute atomic E-state index is 0.0428. The number of carbonyl (C=O) groups excluding carboxylic acids is 2. The van der Waals surface area contributed by atoms with Crippen LogP contribution in [0.3, 0.4) is 0 Å². The molecule has 1 aromatic carbocycles. The van der Waals surface area contributed by atoms with Crippen molar-refractivity contribution >= 4 is 18.2 Å². The van der Waals surface area contributed by atoms with E-state index in [0.717, 1.165) is 16.7 Å². The Kier molecular flexibility index (Phi) is 9.57. The second-order valence-corrected chi connectivity index (χ2v) is 10.2. The third-order valence-electron chi connectivity index (χ3n) is 5.92. The van der Waals surface area contributed by atoms with E-state index in [9.17, 15) is 19.5 Å². The molecule has 0 fully saturated rings. The van der Waals surface area contributed by atoms with Crippen molar-refractivity contribution in [3.63, 3.8) is 0 Å². The average molecular weight is 545 g/mol. The Bertz CT molecular complexity index is 1190. The number of benzene rings is 1. The quantitative estimate of drug-likeness (QED) is 0.218. The van der Waals surface area contributed by atoms with Crippen LogP contribution in [-0.2, 0) is 32.1 Å². The van der Waals surface area contributed by atoms with Crippen molar-refractivity contribution in [2.24, 2.45) is 0 Å². The van der Waals surface area contributed by atoms with Crippen LogP contribution < -0.4 is 15.5 Å². The van der Waals surface area contributed by atoms with Gasteiger partial charge in [0.25, 0.3) is 0 Å². The third kappa shape index (κ3) is 8.21. The van der Waals surface area contributed by atoms with E-state index < -0.39 is 35.5 Å². The van der Waals surface area contributed by atoms with Gasteiger partial charge in [0.1, 0.15) is 24.1 Å². The van der Waals surface area contributed by atoms with Gasteiger partial charge in [0, 0.05) is 24.8 Å². The fraction of sp³-hybridized carbons (Fsp3) is 0.481. The van der Waals surface area contributed by atoms with E-state index in [1.807, 2.05) is 44.6 Å². The van der Waals surface area contributed by atoms with Crippen LogP contribution in [0.15, 0.2) is 43.2 Å². The molecule has 0 saturated heterocycles. The normalized spacial score (nSPS) is 16.2. The van der Waals surface area contributed by atoms with E-state index in [2.05, 4.69) is 17.0 Å². The minimum Gasteiger partial charge on any atom is -0.486 e. The molecule has 2 atom stereocenters. The molecular formula is C27H36N4O8. The van der Waals surface area contributed by atoms with Gasteiger partial charge in [-0.3, -0.25) is 4.68 Å². The highest BCUT2D eigenvalue weighted by Gasteiger charge is 2.47. The van der Waals surface area contributed by atoms with Crippen LogP contribution in [0.4, 0.5) is 9.59 Å². The first kappa shape index (κ1) is 29.5. The molecule has 212 valence electrons. The van der Waals surface area contributed by atoms with E-state index in [1.165, 1.54) is 13.0 Å². The molecule has 1 aliphatic rings. The summed E-state index contributed by atoms with van der Waals surface area (Å²) in [7, 11) is 0. The Labute approximate surface area is 227 Å². The number of rotatable bonds is 11. The fourth-order valence-corrected chi connectivity index (χ4v) is 3.90. The number of carboxylic acids is 1. The highest BCUT2D eigenvalue weighted by Crippen LogP contribution is 2.35. The van der Waals surface area contributed by atoms with Gasteiger partial charge >= 0.3 is 18.2 Å². The molecule has 3 rings (SSSR count). The zero-order chi connectivity index (χ0) is 28.6. The van der Waals surface area contributed by atoms with Gasteiger partial charge in [-0.2, -0.15) is 10.6 Å². The molecule has 1 aliphatic heterocycles. The zero-order valence-electron chi connectivity index (χ0n) is 22.7. The van der Waals surface area contributed by atoms with Crippen LogP contribution in [0, 0.1) is 0 Å². The van der Waals surface area contributed by atoms with Crippen LogP contribution in [0.25, 0.3) is 11.1 Å². The molecule has 3 N–H and O–H groups in total. The van der Waals surface area contributed by atoms with Crippen molar-refractivity contribution in [3.8, 4) is 16.9 Å². The molecule has 0 radical (unpaired) electrons. The average Bonchev–Trinajstić information content (AvgIpc) is 3.35. The fourth-order valence-electron chi connectivity index (χ4n) is 3.90. The number of fused-ring (bicyclic) bond motifs is 1. The summed E-state index contributed by atoms with van der Waals surface area (Å²) in [5.41, 5.74) is 2.42. The van der Waals surface area contributed by atoms with Crippen LogP contribution in [0.2, 0.25) is 0 Å². The summed E-state index contributed by atoms with van der Waals surface area (Å²) in [5.74, 6) is -0.744. The number of hydroxylamine groups is 1. The molecule has 2 heterocycles. The van der Waals surface area contributed by atoms with Gasteiger partial charge in [-0.15, -0.1) is 0 Å². The van der Waals surface area contributed by atoms with E-state index >= 15 is 0 Å². The van der Waals surface area contributed by atoms with Crippen molar-refractivity contribution < 1.29 is 38.5 Å². The Hall–Kier alpha value is -4.06. The van der Waals surface area contributed by atoms with E-state index in [4.69, 9.17) is 19.0 Å². The molecule has 0 aliphatic carbocycles. The molecule has 0 saturated carbocycles. The standard InChI is InChI=1S/C27H36N4O8/c1-6-14-36-25(35)30-39-27(5,23(32)33)22-11-9-19-15-18(8-10-21(19)37-22)20-16-29-31(17-20)13-7-12-28-24(34)38-26(2,3)4/h6,8,10,15-17,22H,1,7,9,11-14H2,2-5H3,(H,28,34)(H,30,35)(H,32,33). The summed E-state index contributed by atoms with van der Waals surface area (Å²) in [5, 5.41) is 17.0. The smallest absolute Gasteiger partial charge is 0.431 e. The minimum atomic E-state index is -1.84. The maximum absolute atomic E-state index is 12.0. The van der Waals surface area contributed by atoms with Crippen LogP contribution >= 0.6 is 0 Å². The lowest BCUT2D eigenvalue weighted by Gasteiger charge is -2.36. The van der Waals surface area contributed by atoms with Crippen LogP contribution in [-0.4, -0.2) is 63.5 Å². The van der Waals surface area contributed by atoms with Gasteiger partial charge in [0.15, 0.2) is 0 Å². The molecule has 12 nitrogen and oxygen atoms in total. The summed E-state index contributed by atoms with van der Waals surface area (Å²) in [6, 6.07) is 5.64. The number of aryl methyl sites for hydroxylation is 2. The summed E-state index contributed by atoms with van der Waals surface area (Å²) in [4.78, 5) is 40.7. The van der Waals surface area contributed by atoms with Gasteiger partial charge in [-0.05, 0) is 70.2 Å². The number of nitrogens with one attached hydrogen (secondary N) is 2. The molecule has 2 unspecified atom stereocenters. The van der Waals surface area contributed by atoms with E-state index in [-0.39, 0.29) is 6.61 Å². The van der Waals surface area contributed by atoms with Gasteiger partial charge in [0.2, 0.25) is 5.60 Å². The molecule has 2 aromatic rings. The molecule has 0 bridgehead atoms. The van der Waals surface area contributed by atoms with Crippen molar-refractivity contribution in [1.29, 1.82) is 0 Å². The first-order valence-corrected chi connectivity index (χ1v) is 12.7. The lowest BCUT2D eigenvalue weighted by Crippen LogP contribution is -2.56. The Balaban J connectivity index is 1.58. The predicted octanol–water partition coefficient (Wildman–Crippen LogP) is 3.85. The highest BCUT2D eigenvalue weighted by molar-refractivity contribution is 5.78. The van der Waals surface area contributed by atoms with Gasteiger partial charge in [-0.1, -0.05) is 18.7 Å². The number of hydrogen-bond donors (Lipinski definition) is 3. The summed E-state index contributed by atoms with van der Waals surface area (Å²) in [6.45, 7) is 11.3. The second-order valence-electron chi connectivity index (χ2n) is 10.2. The number of carboxylic acid groups (broad SMARTS) is 1. The Morgan fingerprint density at radius 2 is 2.00 bits per heavy atom. The molecule has 0 spiro atoms. The summed E-state index contributed by atoms with van der Waals surface area (Å²) >= 11 is 0. The number of amides is 2. The molecule has 2 amide bonds. The van der Waals surface area contributed by atoms with Gasteiger partial charge in [0.05, 0.1) is 6.20 Å². The van der Waals surface area contributed by atoms with Crippen molar-refractivity contribution in [3.05, 3.63) is 48.8 Å². The third-order valence-corrected chi connectivity index (χ3v) is 5.92. The van der Waals surface area contributed by atoms with Crippen LogP contribution in [0.1, 0.15) is 46.1 Å². The lowest BCUT2D eigenvalue weighted by molar-refractivity contribution is -0.189. The predicted molar refractivity (Wildman–Crippen MR) is 141 cm³/mol. The highest BCUT2D eigenvalue weighted by atomic mass is 16.7. The SMILES string of the molecule is C=CCOC(=O)NOC(C)(C(=O)O)C1CCc2cc(-c3cnn(CCCNC(=O)OC(C)(C)C)c3)ccc2O1.